The normalized spacial score (nSPS) is 13.8. The topological polar surface area (TPSA) is 93.5 Å². The van der Waals surface area contributed by atoms with E-state index in [1.807, 2.05) is 38.3 Å². The van der Waals surface area contributed by atoms with Crippen LogP contribution in [0.3, 0.4) is 0 Å². The van der Waals surface area contributed by atoms with Crippen LogP contribution in [-0.2, 0) is 16.0 Å². The highest BCUT2D eigenvalue weighted by Gasteiger charge is 2.32. The molecular weight excluding hydrogens is 390 g/mol. The Morgan fingerprint density at radius 2 is 1.97 bits per heavy atom. The zero-order chi connectivity index (χ0) is 21.8. The number of hydrogen-bond acceptors (Lipinski definition) is 6. The van der Waals surface area contributed by atoms with Gasteiger partial charge in [0, 0.05) is 6.54 Å². The molecule has 7 nitrogen and oxygen atoms in total. The van der Waals surface area contributed by atoms with E-state index < -0.39 is 17.2 Å². The highest BCUT2D eigenvalue weighted by molar-refractivity contribution is 7.13. The lowest BCUT2D eigenvalue weighted by Crippen LogP contribution is -2.57. The Hall–Kier alpha value is -2.35. The molecule has 0 aliphatic rings. The van der Waals surface area contributed by atoms with E-state index in [0.717, 1.165) is 4.88 Å². The highest BCUT2D eigenvalue weighted by Crippen LogP contribution is 2.26. The summed E-state index contributed by atoms with van der Waals surface area (Å²) in [6.07, 6.45) is -0.401. The molecule has 0 bridgehead atoms. The van der Waals surface area contributed by atoms with E-state index in [-0.39, 0.29) is 24.8 Å². The molecule has 0 fully saturated rings. The number of hydrogen-bond donors (Lipinski definition) is 2. The highest BCUT2D eigenvalue weighted by atomic mass is 32.1. The molecule has 2 heterocycles. The number of rotatable bonds is 7. The van der Waals surface area contributed by atoms with Crippen LogP contribution in [0, 0.1) is 12.8 Å². The third-order valence-corrected chi connectivity index (χ3v) is 5.51. The molecule has 0 saturated heterocycles. The van der Waals surface area contributed by atoms with Gasteiger partial charge in [-0.05, 0) is 52.0 Å². The van der Waals surface area contributed by atoms with Crippen molar-refractivity contribution in [2.24, 2.45) is 5.92 Å². The molecule has 2 aromatic rings. The zero-order valence-corrected chi connectivity index (χ0v) is 19.0. The third kappa shape index (κ3) is 6.59. The first-order valence-corrected chi connectivity index (χ1v) is 10.6. The van der Waals surface area contributed by atoms with Crippen LogP contribution in [-0.4, -0.2) is 34.7 Å². The Bertz CT molecular complexity index is 837. The third-order valence-electron chi connectivity index (χ3n) is 4.65. The molecule has 0 aromatic carbocycles. The van der Waals surface area contributed by atoms with Crippen LogP contribution < -0.4 is 10.6 Å². The summed E-state index contributed by atoms with van der Waals surface area (Å²) >= 11 is 1.54. The van der Waals surface area contributed by atoms with Gasteiger partial charge in [-0.3, -0.25) is 4.79 Å². The first kappa shape index (κ1) is 22.9. The van der Waals surface area contributed by atoms with Crippen LogP contribution in [0.25, 0.3) is 10.8 Å². The standard InChI is InChI=1S/C21H31N3O4S/c1-13(2)21(7,12-22-19(26)28-20(4,5)6)24-17(25)11-15-14(3)27-18(23-15)16-9-8-10-29-16/h8-10,13H,11-12H2,1-7H3,(H,22,26)(H,24,25). The number of ether oxygens (including phenoxy) is 1. The van der Waals surface area contributed by atoms with Gasteiger partial charge in [-0.25, -0.2) is 9.78 Å². The van der Waals surface area contributed by atoms with E-state index in [4.69, 9.17) is 9.15 Å². The molecule has 0 radical (unpaired) electrons. The second-order valence-electron chi connectivity index (χ2n) is 8.65. The van der Waals surface area contributed by atoms with Crippen molar-refractivity contribution in [3.8, 4) is 10.8 Å². The Balaban J connectivity index is 2.01. The van der Waals surface area contributed by atoms with Crippen molar-refractivity contribution in [3.63, 3.8) is 0 Å². The van der Waals surface area contributed by atoms with Gasteiger partial charge in [-0.15, -0.1) is 11.3 Å². The van der Waals surface area contributed by atoms with Gasteiger partial charge in [0.1, 0.15) is 11.4 Å². The van der Waals surface area contributed by atoms with Crippen molar-refractivity contribution in [2.45, 2.75) is 66.0 Å². The summed E-state index contributed by atoms with van der Waals surface area (Å²) in [6.45, 7) is 13.4. The van der Waals surface area contributed by atoms with Crippen LogP contribution in [0.5, 0.6) is 0 Å². The van der Waals surface area contributed by atoms with Crippen molar-refractivity contribution in [3.05, 3.63) is 29.0 Å². The number of aryl methyl sites for hydroxylation is 1. The molecule has 160 valence electrons. The van der Waals surface area contributed by atoms with Crippen molar-refractivity contribution >= 4 is 23.3 Å². The second kappa shape index (κ2) is 8.98. The Labute approximate surface area is 176 Å². The minimum absolute atomic E-state index is 0.0847. The number of aromatic nitrogens is 1. The van der Waals surface area contributed by atoms with E-state index in [0.29, 0.717) is 17.3 Å². The molecule has 8 heteroatoms. The van der Waals surface area contributed by atoms with Crippen molar-refractivity contribution in [1.29, 1.82) is 0 Å². The second-order valence-corrected chi connectivity index (χ2v) is 9.60. The summed E-state index contributed by atoms with van der Waals surface area (Å²) in [4.78, 5) is 30.1. The first-order chi connectivity index (χ1) is 13.4. The quantitative estimate of drug-likeness (QED) is 0.695. The molecule has 0 aliphatic carbocycles. The predicted molar refractivity (Wildman–Crippen MR) is 114 cm³/mol. The number of oxazole rings is 1. The molecule has 2 amide bonds. The maximum absolute atomic E-state index is 12.7. The number of alkyl carbamates (subject to hydrolysis) is 1. The molecule has 0 saturated carbocycles. The fraction of sp³-hybridized carbons (Fsp3) is 0.571. The van der Waals surface area contributed by atoms with Gasteiger partial charge < -0.3 is 19.8 Å². The number of carbonyl (C=O) groups excluding carboxylic acids is 2. The number of amides is 2. The molecular formula is C21H31N3O4S. The predicted octanol–water partition coefficient (Wildman–Crippen LogP) is 4.31. The molecule has 0 spiro atoms. The maximum atomic E-state index is 12.7. The minimum atomic E-state index is -0.637. The maximum Gasteiger partial charge on any atom is 0.407 e. The lowest BCUT2D eigenvalue weighted by atomic mass is 9.88. The average Bonchev–Trinajstić information content (AvgIpc) is 3.21. The fourth-order valence-electron chi connectivity index (χ4n) is 2.58. The summed E-state index contributed by atoms with van der Waals surface area (Å²) in [5, 5.41) is 7.75. The van der Waals surface area contributed by atoms with Gasteiger partial charge in [0.05, 0.1) is 22.5 Å². The van der Waals surface area contributed by atoms with Gasteiger partial charge in [-0.2, -0.15) is 0 Å². The largest absolute Gasteiger partial charge is 0.444 e. The number of nitrogens with one attached hydrogen (secondary N) is 2. The van der Waals surface area contributed by atoms with Crippen molar-refractivity contribution in [1.82, 2.24) is 15.6 Å². The summed E-state index contributed by atoms with van der Waals surface area (Å²) in [7, 11) is 0. The minimum Gasteiger partial charge on any atom is -0.444 e. The van der Waals surface area contributed by atoms with Crippen molar-refractivity contribution in [2.75, 3.05) is 6.54 Å². The lowest BCUT2D eigenvalue weighted by Gasteiger charge is -2.35. The van der Waals surface area contributed by atoms with Crippen LogP contribution in [0.1, 0.15) is 53.0 Å². The molecule has 0 aliphatic heterocycles. The van der Waals surface area contributed by atoms with Crippen molar-refractivity contribution < 1.29 is 18.7 Å². The Kier molecular flexibility index (Phi) is 7.11. The first-order valence-electron chi connectivity index (χ1n) is 9.67. The average molecular weight is 422 g/mol. The Morgan fingerprint density at radius 1 is 1.28 bits per heavy atom. The van der Waals surface area contributed by atoms with Crippen LogP contribution in [0.4, 0.5) is 4.79 Å². The number of thiophene rings is 1. The van der Waals surface area contributed by atoms with Crippen LogP contribution in [0.2, 0.25) is 0 Å². The van der Waals surface area contributed by atoms with E-state index in [1.54, 1.807) is 27.7 Å². The summed E-state index contributed by atoms with van der Waals surface area (Å²) in [5.41, 5.74) is -0.605. The van der Waals surface area contributed by atoms with Gasteiger partial charge >= 0.3 is 6.09 Å². The number of carbonyl (C=O) groups is 2. The van der Waals surface area contributed by atoms with Gasteiger partial charge in [-0.1, -0.05) is 19.9 Å². The van der Waals surface area contributed by atoms with Gasteiger partial charge in [0.2, 0.25) is 11.8 Å². The molecule has 2 aromatic heterocycles. The smallest absolute Gasteiger partial charge is 0.407 e. The SMILES string of the molecule is Cc1oc(-c2cccs2)nc1CC(=O)NC(C)(CNC(=O)OC(C)(C)C)C(C)C. The molecule has 1 unspecified atom stereocenters. The number of nitrogens with zero attached hydrogens (tertiary/aromatic N) is 1. The summed E-state index contributed by atoms with van der Waals surface area (Å²) in [5.74, 6) is 1.06. The van der Waals surface area contributed by atoms with Crippen LogP contribution in [0.15, 0.2) is 21.9 Å². The molecule has 2 N–H and O–H groups in total. The fourth-order valence-corrected chi connectivity index (χ4v) is 3.22. The molecule has 29 heavy (non-hydrogen) atoms. The molecule has 2 rings (SSSR count). The summed E-state index contributed by atoms with van der Waals surface area (Å²) in [6, 6.07) is 3.86. The molecule has 1 atom stereocenters. The summed E-state index contributed by atoms with van der Waals surface area (Å²) < 4.78 is 11.0. The Morgan fingerprint density at radius 3 is 2.52 bits per heavy atom. The van der Waals surface area contributed by atoms with E-state index >= 15 is 0 Å². The zero-order valence-electron chi connectivity index (χ0n) is 18.2. The van der Waals surface area contributed by atoms with Gasteiger partial charge in [0.25, 0.3) is 0 Å². The van der Waals surface area contributed by atoms with E-state index in [1.165, 1.54) is 11.3 Å². The van der Waals surface area contributed by atoms with E-state index in [9.17, 15) is 9.59 Å². The van der Waals surface area contributed by atoms with Crippen LogP contribution >= 0.6 is 11.3 Å². The lowest BCUT2D eigenvalue weighted by molar-refractivity contribution is -0.122. The van der Waals surface area contributed by atoms with Gasteiger partial charge in [0.15, 0.2) is 0 Å². The van der Waals surface area contributed by atoms with E-state index in [2.05, 4.69) is 15.6 Å². The monoisotopic (exact) mass is 421 g/mol.